The third-order valence-electron chi connectivity index (χ3n) is 3.94. The van der Waals surface area contributed by atoms with Crippen molar-refractivity contribution in [3.05, 3.63) is 58.6 Å². The van der Waals surface area contributed by atoms with Crippen LogP contribution in [0.25, 0.3) is 6.08 Å². The number of carbonyl (C=O) groups excluding carboxylic acids is 2. The van der Waals surface area contributed by atoms with Crippen LogP contribution in [0.15, 0.2) is 48.0 Å². The highest BCUT2D eigenvalue weighted by atomic mass is 35.5. The van der Waals surface area contributed by atoms with Crippen LogP contribution in [0.5, 0.6) is 11.5 Å². The van der Waals surface area contributed by atoms with Crippen molar-refractivity contribution in [3.63, 3.8) is 0 Å². The van der Waals surface area contributed by atoms with Crippen LogP contribution in [0.4, 0.5) is 5.69 Å². The lowest BCUT2D eigenvalue weighted by Crippen LogP contribution is -2.54. The second-order valence-corrected chi connectivity index (χ2v) is 6.31. The highest BCUT2D eigenvalue weighted by Crippen LogP contribution is 2.31. The molecule has 138 valence electrons. The van der Waals surface area contributed by atoms with Gasteiger partial charge in [0.25, 0.3) is 11.8 Å². The summed E-state index contributed by atoms with van der Waals surface area (Å²) < 4.78 is 10.5. The molecule has 8 heteroatoms. The Balaban J connectivity index is 2.06. The number of para-hydroxylation sites is 1. The molecule has 0 bridgehead atoms. The first-order valence-electron chi connectivity index (χ1n) is 7.84. The third-order valence-corrected chi connectivity index (χ3v) is 4.54. The molecule has 0 saturated carbocycles. The molecule has 6 nitrogen and oxygen atoms in total. The van der Waals surface area contributed by atoms with Crippen molar-refractivity contribution in [2.24, 2.45) is 0 Å². The number of hydrogen-bond donors (Lipinski definition) is 1. The Morgan fingerprint density at radius 3 is 2.52 bits per heavy atom. The van der Waals surface area contributed by atoms with E-state index in [0.717, 1.165) is 0 Å². The number of ether oxygens (including phenoxy) is 2. The van der Waals surface area contributed by atoms with Gasteiger partial charge in [0.1, 0.15) is 17.1 Å². The maximum Gasteiger partial charge on any atom is 0.270 e. The molecular formula is C19H15ClN2O4S. The summed E-state index contributed by atoms with van der Waals surface area (Å²) in [5.74, 6) is -0.118. The molecule has 0 atom stereocenters. The Morgan fingerprint density at radius 2 is 1.85 bits per heavy atom. The zero-order valence-corrected chi connectivity index (χ0v) is 16.1. The predicted octanol–water partition coefficient (Wildman–Crippen LogP) is 3.19. The number of nitrogens with zero attached hydrogens (tertiary/aromatic N) is 1. The molecule has 1 heterocycles. The first kappa shape index (κ1) is 18.9. The molecule has 1 N–H and O–H groups in total. The van der Waals surface area contributed by atoms with Gasteiger partial charge in [-0.15, -0.1) is 0 Å². The highest BCUT2D eigenvalue weighted by molar-refractivity contribution is 7.80. The molecular weight excluding hydrogens is 388 g/mol. The van der Waals surface area contributed by atoms with Crippen LogP contribution in [0.1, 0.15) is 5.56 Å². The predicted molar refractivity (Wildman–Crippen MR) is 107 cm³/mol. The molecule has 27 heavy (non-hydrogen) atoms. The smallest absolute Gasteiger partial charge is 0.270 e. The third kappa shape index (κ3) is 3.65. The Hall–Kier alpha value is -2.90. The van der Waals surface area contributed by atoms with E-state index in [-0.39, 0.29) is 10.7 Å². The van der Waals surface area contributed by atoms with E-state index in [1.54, 1.807) is 42.5 Å². The molecule has 0 unspecified atom stereocenters. The lowest BCUT2D eigenvalue weighted by molar-refractivity contribution is -0.122. The molecule has 1 fully saturated rings. The summed E-state index contributed by atoms with van der Waals surface area (Å²) >= 11 is 11.4. The molecule has 0 aliphatic carbocycles. The Morgan fingerprint density at radius 1 is 1.11 bits per heavy atom. The number of thiocarbonyl (C=S) groups is 1. The molecule has 2 amide bonds. The van der Waals surface area contributed by atoms with E-state index in [2.05, 4.69) is 5.32 Å². The molecule has 0 aromatic heterocycles. The maximum absolute atomic E-state index is 13.0. The molecule has 2 aromatic rings. The average molecular weight is 403 g/mol. The number of halogens is 1. The molecule has 1 saturated heterocycles. The van der Waals surface area contributed by atoms with Crippen LogP contribution in [0.2, 0.25) is 5.02 Å². The fraction of sp³-hybridized carbons (Fsp3) is 0.105. The van der Waals surface area contributed by atoms with Crippen molar-refractivity contribution in [1.29, 1.82) is 0 Å². The van der Waals surface area contributed by atoms with Crippen LogP contribution < -0.4 is 19.7 Å². The van der Waals surface area contributed by atoms with Crippen LogP contribution in [-0.2, 0) is 9.59 Å². The number of amides is 2. The van der Waals surface area contributed by atoms with Gasteiger partial charge in [-0.3, -0.25) is 19.8 Å². The van der Waals surface area contributed by atoms with Gasteiger partial charge in [-0.25, -0.2) is 0 Å². The minimum Gasteiger partial charge on any atom is -0.497 e. The van der Waals surface area contributed by atoms with Gasteiger partial charge in [0.2, 0.25) is 0 Å². The number of benzene rings is 2. The summed E-state index contributed by atoms with van der Waals surface area (Å²) in [6, 6.07) is 11.8. The topological polar surface area (TPSA) is 67.9 Å². The minimum absolute atomic E-state index is 0.0306. The normalized spacial score (nSPS) is 15.7. The minimum atomic E-state index is -0.592. The standard InChI is InChI=1S/C19H15ClN2O4S/c1-25-12-8-7-11(16(10-12)26-2)9-13-17(23)21-19(27)22(18(13)24)15-6-4-3-5-14(15)20/h3-10H,1-2H3,(H,21,23,27)/b13-9+. The summed E-state index contributed by atoms with van der Waals surface area (Å²) in [6.07, 6.45) is 1.45. The van der Waals surface area contributed by atoms with Crippen LogP contribution in [0.3, 0.4) is 0 Å². The largest absolute Gasteiger partial charge is 0.497 e. The molecule has 0 radical (unpaired) electrons. The van der Waals surface area contributed by atoms with E-state index in [1.165, 1.54) is 25.2 Å². The Kier molecular flexibility index (Phi) is 5.43. The van der Waals surface area contributed by atoms with Crippen molar-refractivity contribution in [2.75, 3.05) is 19.1 Å². The van der Waals surface area contributed by atoms with Gasteiger partial charge in [-0.2, -0.15) is 0 Å². The van der Waals surface area contributed by atoms with Crippen molar-refractivity contribution in [1.82, 2.24) is 5.32 Å². The zero-order chi connectivity index (χ0) is 19.6. The van der Waals surface area contributed by atoms with E-state index in [1.807, 2.05) is 0 Å². The van der Waals surface area contributed by atoms with Gasteiger partial charge in [0, 0.05) is 11.6 Å². The van der Waals surface area contributed by atoms with Crippen molar-refractivity contribution in [3.8, 4) is 11.5 Å². The van der Waals surface area contributed by atoms with Crippen molar-refractivity contribution >= 4 is 52.5 Å². The summed E-state index contributed by atoms with van der Waals surface area (Å²) in [6.45, 7) is 0. The van der Waals surface area contributed by atoms with Crippen LogP contribution in [0, 0.1) is 0 Å². The second-order valence-electron chi connectivity index (χ2n) is 5.52. The number of rotatable bonds is 4. The Labute approximate surface area is 166 Å². The number of methoxy groups -OCH3 is 2. The number of nitrogens with one attached hydrogen (secondary N) is 1. The zero-order valence-electron chi connectivity index (χ0n) is 14.5. The van der Waals surface area contributed by atoms with E-state index in [0.29, 0.717) is 27.8 Å². The van der Waals surface area contributed by atoms with Crippen molar-refractivity contribution < 1.29 is 19.1 Å². The summed E-state index contributed by atoms with van der Waals surface area (Å²) in [5.41, 5.74) is 0.845. The molecule has 1 aliphatic rings. The van der Waals surface area contributed by atoms with E-state index in [9.17, 15) is 9.59 Å². The van der Waals surface area contributed by atoms with Crippen LogP contribution in [-0.4, -0.2) is 31.1 Å². The first-order valence-corrected chi connectivity index (χ1v) is 8.63. The monoisotopic (exact) mass is 402 g/mol. The van der Waals surface area contributed by atoms with E-state index < -0.39 is 11.8 Å². The fourth-order valence-corrected chi connectivity index (χ4v) is 3.10. The van der Waals surface area contributed by atoms with Gasteiger partial charge in [-0.1, -0.05) is 23.7 Å². The number of hydrogen-bond acceptors (Lipinski definition) is 5. The van der Waals surface area contributed by atoms with Crippen molar-refractivity contribution in [2.45, 2.75) is 0 Å². The molecule has 3 rings (SSSR count). The van der Waals surface area contributed by atoms with Gasteiger partial charge >= 0.3 is 0 Å². The summed E-state index contributed by atoms with van der Waals surface area (Å²) in [5, 5.41) is 2.83. The van der Waals surface area contributed by atoms with Gasteiger partial charge in [-0.05, 0) is 42.6 Å². The number of carbonyl (C=O) groups is 2. The second kappa shape index (κ2) is 7.77. The summed E-state index contributed by atoms with van der Waals surface area (Å²) in [7, 11) is 3.03. The summed E-state index contributed by atoms with van der Waals surface area (Å²) in [4.78, 5) is 26.6. The highest BCUT2D eigenvalue weighted by Gasteiger charge is 2.35. The maximum atomic E-state index is 13.0. The van der Waals surface area contributed by atoms with Gasteiger partial charge < -0.3 is 9.47 Å². The quantitative estimate of drug-likeness (QED) is 0.483. The SMILES string of the molecule is COc1ccc(/C=C2\C(=O)NC(=S)N(c3ccccc3Cl)C2=O)c(OC)c1. The average Bonchev–Trinajstić information content (AvgIpc) is 2.66. The lowest BCUT2D eigenvalue weighted by atomic mass is 10.1. The molecule has 0 spiro atoms. The van der Waals surface area contributed by atoms with E-state index in [4.69, 9.17) is 33.3 Å². The molecule has 1 aliphatic heterocycles. The van der Waals surface area contributed by atoms with Gasteiger partial charge in [0.15, 0.2) is 5.11 Å². The Bertz CT molecular complexity index is 974. The van der Waals surface area contributed by atoms with Crippen LogP contribution >= 0.6 is 23.8 Å². The number of anilines is 1. The van der Waals surface area contributed by atoms with Gasteiger partial charge in [0.05, 0.1) is 24.9 Å². The molecule has 2 aromatic carbocycles. The van der Waals surface area contributed by atoms with E-state index >= 15 is 0 Å². The lowest BCUT2D eigenvalue weighted by Gasteiger charge is -2.29. The fourth-order valence-electron chi connectivity index (χ4n) is 2.60. The first-order chi connectivity index (χ1) is 13.0.